The van der Waals surface area contributed by atoms with Crippen LogP contribution in [0.4, 0.5) is 11.4 Å². The molecule has 0 unspecified atom stereocenters. The fraction of sp³-hybridized carbons (Fsp3) is 0.118. The van der Waals surface area contributed by atoms with E-state index < -0.39 is 9.85 Å². The molecule has 0 saturated carbocycles. The van der Waals surface area contributed by atoms with Crippen molar-refractivity contribution in [2.45, 2.75) is 12.8 Å². The van der Waals surface area contributed by atoms with Crippen LogP contribution in [0.1, 0.15) is 11.3 Å². The van der Waals surface area contributed by atoms with Gasteiger partial charge in [0.2, 0.25) is 0 Å². The van der Waals surface area contributed by atoms with E-state index in [9.17, 15) is 20.2 Å². The van der Waals surface area contributed by atoms with E-state index in [1.807, 2.05) is 18.2 Å². The number of hydrogen-bond acceptors (Lipinski definition) is 5. The average Bonchev–Trinajstić information content (AvgIpc) is 3.05. The van der Waals surface area contributed by atoms with Crippen LogP contribution in [0.15, 0.2) is 48.7 Å². The number of nitro benzene ring substituents is 2. The number of aromatic nitrogens is 2. The van der Waals surface area contributed by atoms with E-state index in [1.54, 1.807) is 6.20 Å². The Labute approximate surface area is 141 Å². The van der Waals surface area contributed by atoms with E-state index in [0.717, 1.165) is 35.7 Å². The quantitative estimate of drug-likeness (QED) is 0.538. The highest BCUT2D eigenvalue weighted by atomic mass is 16.6. The highest BCUT2D eigenvalue weighted by Gasteiger charge is 2.24. The predicted octanol–water partition coefficient (Wildman–Crippen LogP) is 3.45. The lowest BCUT2D eigenvalue weighted by Gasteiger charge is -2.13. The monoisotopic (exact) mass is 336 g/mol. The summed E-state index contributed by atoms with van der Waals surface area (Å²) in [7, 11) is 0. The van der Waals surface area contributed by atoms with Crippen molar-refractivity contribution in [1.29, 1.82) is 0 Å². The Hall–Kier alpha value is -3.55. The number of aryl methyl sites for hydroxylation is 2. The van der Waals surface area contributed by atoms with Gasteiger partial charge >= 0.3 is 5.69 Å². The molecule has 1 heterocycles. The molecule has 0 spiro atoms. The molecule has 0 N–H and O–H groups in total. The molecular formula is C17H12N4O4. The zero-order valence-electron chi connectivity index (χ0n) is 13.0. The first kappa shape index (κ1) is 15.0. The van der Waals surface area contributed by atoms with Crippen molar-refractivity contribution in [1.82, 2.24) is 9.78 Å². The molecule has 0 amide bonds. The Kier molecular flexibility index (Phi) is 3.31. The van der Waals surface area contributed by atoms with Gasteiger partial charge in [0.1, 0.15) is 5.69 Å². The molecule has 1 aliphatic carbocycles. The van der Waals surface area contributed by atoms with Gasteiger partial charge in [-0.2, -0.15) is 5.10 Å². The topological polar surface area (TPSA) is 104 Å². The van der Waals surface area contributed by atoms with Gasteiger partial charge in [-0.25, -0.2) is 4.68 Å². The van der Waals surface area contributed by atoms with Gasteiger partial charge in [-0.15, -0.1) is 0 Å². The minimum atomic E-state index is -0.652. The molecule has 0 aliphatic heterocycles. The second-order valence-electron chi connectivity index (χ2n) is 5.78. The third kappa shape index (κ3) is 2.44. The van der Waals surface area contributed by atoms with Gasteiger partial charge in [0.25, 0.3) is 5.69 Å². The molecule has 124 valence electrons. The van der Waals surface area contributed by atoms with Gasteiger partial charge < -0.3 is 0 Å². The number of hydrogen-bond donors (Lipinski definition) is 0. The van der Waals surface area contributed by atoms with Crippen LogP contribution in [-0.4, -0.2) is 19.6 Å². The van der Waals surface area contributed by atoms with Crippen LogP contribution in [0, 0.1) is 20.2 Å². The van der Waals surface area contributed by atoms with Crippen molar-refractivity contribution >= 4 is 11.4 Å². The lowest BCUT2D eigenvalue weighted by Crippen LogP contribution is -2.04. The van der Waals surface area contributed by atoms with Gasteiger partial charge in [-0.1, -0.05) is 24.3 Å². The first-order valence-corrected chi connectivity index (χ1v) is 7.64. The second-order valence-corrected chi connectivity index (χ2v) is 5.78. The number of nitro groups is 2. The third-order valence-electron chi connectivity index (χ3n) is 4.34. The van der Waals surface area contributed by atoms with Crippen molar-refractivity contribution in [2.24, 2.45) is 0 Å². The SMILES string of the molecule is O=[N+]([O-])c1ccc(-n2cc3c(n2)CCc2ccccc2-3)c([N+](=O)[O-])c1. The molecule has 0 atom stereocenters. The summed E-state index contributed by atoms with van der Waals surface area (Å²) in [5, 5.41) is 26.7. The molecule has 4 rings (SSSR count). The van der Waals surface area contributed by atoms with Gasteiger partial charge in [0, 0.05) is 17.8 Å². The summed E-state index contributed by atoms with van der Waals surface area (Å²) in [5.74, 6) is 0. The van der Waals surface area contributed by atoms with Crippen LogP contribution in [0.25, 0.3) is 16.8 Å². The molecule has 3 aromatic rings. The summed E-state index contributed by atoms with van der Waals surface area (Å²) in [6.07, 6.45) is 3.37. The Morgan fingerprint density at radius 1 is 0.960 bits per heavy atom. The Morgan fingerprint density at radius 2 is 1.76 bits per heavy atom. The normalized spacial score (nSPS) is 12.3. The molecule has 0 radical (unpaired) electrons. The molecule has 2 aromatic carbocycles. The van der Waals surface area contributed by atoms with E-state index in [2.05, 4.69) is 11.2 Å². The highest BCUT2D eigenvalue weighted by molar-refractivity contribution is 5.72. The van der Waals surface area contributed by atoms with Crippen LogP contribution in [0.3, 0.4) is 0 Å². The molecule has 8 nitrogen and oxygen atoms in total. The van der Waals surface area contributed by atoms with E-state index in [4.69, 9.17) is 0 Å². The fourth-order valence-electron chi connectivity index (χ4n) is 3.16. The maximum atomic E-state index is 11.4. The summed E-state index contributed by atoms with van der Waals surface area (Å²) in [6, 6.07) is 11.6. The lowest BCUT2D eigenvalue weighted by molar-refractivity contribution is -0.394. The fourth-order valence-corrected chi connectivity index (χ4v) is 3.16. The largest absolute Gasteiger partial charge is 0.301 e. The zero-order chi connectivity index (χ0) is 17.6. The van der Waals surface area contributed by atoms with Crippen molar-refractivity contribution in [3.05, 3.63) is 80.1 Å². The van der Waals surface area contributed by atoms with Crippen LogP contribution >= 0.6 is 0 Å². The van der Waals surface area contributed by atoms with Gasteiger partial charge in [-0.3, -0.25) is 20.2 Å². The summed E-state index contributed by atoms with van der Waals surface area (Å²) >= 11 is 0. The maximum absolute atomic E-state index is 11.4. The summed E-state index contributed by atoms with van der Waals surface area (Å²) in [6.45, 7) is 0. The number of non-ortho nitro benzene ring substituents is 1. The molecular weight excluding hydrogens is 324 g/mol. The highest BCUT2D eigenvalue weighted by Crippen LogP contribution is 2.35. The predicted molar refractivity (Wildman–Crippen MR) is 89.7 cm³/mol. The number of fused-ring (bicyclic) bond motifs is 3. The first-order valence-electron chi connectivity index (χ1n) is 7.64. The van der Waals surface area contributed by atoms with Gasteiger partial charge in [0.05, 0.1) is 21.6 Å². The molecule has 1 aliphatic rings. The minimum Gasteiger partial charge on any atom is -0.258 e. The zero-order valence-corrected chi connectivity index (χ0v) is 13.0. The second kappa shape index (κ2) is 5.52. The minimum absolute atomic E-state index is 0.211. The van der Waals surface area contributed by atoms with Crippen molar-refractivity contribution in [3.63, 3.8) is 0 Å². The van der Waals surface area contributed by atoms with E-state index >= 15 is 0 Å². The summed E-state index contributed by atoms with van der Waals surface area (Å²) in [5.41, 5.74) is 3.63. The average molecular weight is 336 g/mol. The number of benzene rings is 2. The van der Waals surface area contributed by atoms with Gasteiger partial charge in [-0.05, 0) is 30.0 Å². The molecule has 0 fully saturated rings. The molecule has 25 heavy (non-hydrogen) atoms. The van der Waals surface area contributed by atoms with Crippen LogP contribution in [0.2, 0.25) is 0 Å². The van der Waals surface area contributed by atoms with Crippen LogP contribution in [-0.2, 0) is 12.8 Å². The molecule has 8 heteroatoms. The van der Waals surface area contributed by atoms with Crippen molar-refractivity contribution < 1.29 is 9.85 Å². The van der Waals surface area contributed by atoms with Crippen LogP contribution < -0.4 is 0 Å². The first-order chi connectivity index (χ1) is 12.0. The van der Waals surface area contributed by atoms with Crippen molar-refractivity contribution in [2.75, 3.05) is 0 Å². The smallest absolute Gasteiger partial charge is 0.258 e. The molecule has 0 bridgehead atoms. The maximum Gasteiger partial charge on any atom is 0.301 e. The van der Waals surface area contributed by atoms with Crippen LogP contribution in [0.5, 0.6) is 0 Å². The summed E-state index contributed by atoms with van der Waals surface area (Å²) < 4.78 is 1.44. The Morgan fingerprint density at radius 3 is 2.52 bits per heavy atom. The standard InChI is InChI=1S/C17H12N4O4/c22-20(23)12-6-8-16(17(9-12)21(24)25)19-10-14-13-4-2-1-3-11(13)5-7-15(14)18-19/h1-4,6,8-10H,5,7H2. The summed E-state index contributed by atoms with van der Waals surface area (Å²) in [4.78, 5) is 21.0. The lowest BCUT2D eigenvalue weighted by atomic mass is 9.90. The molecule has 1 aromatic heterocycles. The molecule has 0 saturated heterocycles. The Bertz CT molecular complexity index is 1030. The third-order valence-corrected chi connectivity index (χ3v) is 4.34. The van der Waals surface area contributed by atoms with E-state index in [-0.39, 0.29) is 17.1 Å². The number of rotatable bonds is 3. The van der Waals surface area contributed by atoms with E-state index in [1.165, 1.54) is 22.4 Å². The van der Waals surface area contributed by atoms with Gasteiger partial charge in [0.15, 0.2) is 0 Å². The van der Waals surface area contributed by atoms with E-state index in [0.29, 0.717) is 0 Å². The Balaban J connectivity index is 1.87. The van der Waals surface area contributed by atoms with Crippen molar-refractivity contribution in [3.8, 4) is 16.8 Å². The number of nitrogens with zero attached hydrogens (tertiary/aromatic N) is 4.